The Bertz CT molecular complexity index is 885. The molecule has 0 bridgehead atoms. The average Bonchev–Trinajstić information content (AvgIpc) is 3.10. The first-order chi connectivity index (χ1) is 11.7. The zero-order valence-corrected chi connectivity index (χ0v) is 15.5. The van der Waals surface area contributed by atoms with Crippen molar-refractivity contribution in [2.24, 2.45) is 0 Å². The van der Waals surface area contributed by atoms with E-state index in [4.69, 9.17) is 4.42 Å². The van der Waals surface area contributed by atoms with Gasteiger partial charge in [-0.25, -0.2) is 18.1 Å². The van der Waals surface area contributed by atoms with Gasteiger partial charge in [-0.05, 0) is 19.1 Å². The second kappa shape index (κ2) is 7.76. The largest absolute Gasteiger partial charge is 0.442 e. The SMILES string of the molecule is CC(=O)NCCNS(=O)(=O)c1ccc(-c2sc(NC(C)=O)nc2C)o1. The van der Waals surface area contributed by atoms with Crippen molar-refractivity contribution in [3.8, 4) is 10.6 Å². The van der Waals surface area contributed by atoms with E-state index < -0.39 is 10.0 Å². The Kier molecular flexibility index (Phi) is 5.93. The Morgan fingerprint density at radius 1 is 1.20 bits per heavy atom. The van der Waals surface area contributed by atoms with Crippen molar-refractivity contribution in [2.75, 3.05) is 18.4 Å². The number of amides is 2. The Morgan fingerprint density at radius 3 is 2.56 bits per heavy atom. The molecule has 0 aromatic carbocycles. The van der Waals surface area contributed by atoms with Gasteiger partial charge in [0, 0.05) is 26.9 Å². The van der Waals surface area contributed by atoms with Gasteiger partial charge in [-0.15, -0.1) is 0 Å². The molecular formula is C14H18N4O5S2. The summed E-state index contributed by atoms with van der Waals surface area (Å²) in [6, 6.07) is 2.87. The first-order valence-corrected chi connectivity index (χ1v) is 9.58. The lowest BCUT2D eigenvalue weighted by Crippen LogP contribution is -2.33. The number of nitrogens with one attached hydrogen (secondary N) is 3. The molecule has 9 nitrogen and oxygen atoms in total. The fourth-order valence-electron chi connectivity index (χ4n) is 1.91. The number of anilines is 1. The summed E-state index contributed by atoms with van der Waals surface area (Å²) in [7, 11) is -3.82. The zero-order chi connectivity index (χ0) is 18.6. The van der Waals surface area contributed by atoms with Crippen LogP contribution in [-0.2, 0) is 19.6 Å². The number of carbonyl (C=O) groups is 2. The second-order valence-electron chi connectivity index (χ2n) is 5.11. The molecule has 3 N–H and O–H groups in total. The van der Waals surface area contributed by atoms with Crippen molar-refractivity contribution in [1.82, 2.24) is 15.0 Å². The first kappa shape index (κ1) is 19.1. The van der Waals surface area contributed by atoms with Gasteiger partial charge in [-0.1, -0.05) is 11.3 Å². The molecule has 0 aliphatic carbocycles. The molecule has 0 radical (unpaired) electrons. The molecule has 0 fully saturated rings. The lowest BCUT2D eigenvalue weighted by molar-refractivity contribution is -0.119. The molecule has 136 valence electrons. The molecule has 2 rings (SSSR count). The molecule has 0 aliphatic heterocycles. The summed E-state index contributed by atoms with van der Waals surface area (Å²) in [6.07, 6.45) is 0. The summed E-state index contributed by atoms with van der Waals surface area (Å²) >= 11 is 1.19. The van der Waals surface area contributed by atoms with Gasteiger partial charge >= 0.3 is 0 Å². The van der Waals surface area contributed by atoms with Crippen LogP contribution in [0.5, 0.6) is 0 Å². The quantitative estimate of drug-likeness (QED) is 0.611. The molecule has 2 heterocycles. The Morgan fingerprint density at radius 2 is 1.92 bits per heavy atom. The van der Waals surface area contributed by atoms with Crippen molar-refractivity contribution < 1.29 is 22.4 Å². The van der Waals surface area contributed by atoms with Crippen molar-refractivity contribution in [3.63, 3.8) is 0 Å². The minimum atomic E-state index is -3.82. The van der Waals surface area contributed by atoms with Crippen molar-refractivity contribution in [2.45, 2.75) is 25.9 Å². The minimum absolute atomic E-state index is 0.0458. The lowest BCUT2D eigenvalue weighted by Gasteiger charge is -2.04. The predicted molar refractivity (Wildman–Crippen MR) is 92.7 cm³/mol. The van der Waals surface area contributed by atoms with E-state index in [1.165, 1.54) is 37.3 Å². The van der Waals surface area contributed by atoms with Gasteiger partial charge in [0.25, 0.3) is 10.0 Å². The average molecular weight is 386 g/mol. The maximum atomic E-state index is 12.2. The molecule has 0 saturated carbocycles. The monoisotopic (exact) mass is 386 g/mol. The van der Waals surface area contributed by atoms with E-state index in [1.54, 1.807) is 6.92 Å². The van der Waals surface area contributed by atoms with Crippen LogP contribution in [0.1, 0.15) is 19.5 Å². The van der Waals surface area contributed by atoms with Gasteiger partial charge in [-0.3, -0.25) is 9.59 Å². The molecule has 2 aromatic rings. The fourth-order valence-corrected chi connectivity index (χ4v) is 3.84. The normalized spacial score (nSPS) is 11.3. The third-order valence-electron chi connectivity index (χ3n) is 2.94. The highest BCUT2D eigenvalue weighted by molar-refractivity contribution is 7.89. The Hall–Kier alpha value is -2.24. The maximum absolute atomic E-state index is 12.2. The van der Waals surface area contributed by atoms with Crippen molar-refractivity contribution in [1.29, 1.82) is 0 Å². The van der Waals surface area contributed by atoms with Crippen LogP contribution < -0.4 is 15.4 Å². The number of aromatic nitrogens is 1. The Balaban J connectivity index is 2.12. The number of sulfonamides is 1. The van der Waals surface area contributed by atoms with E-state index >= 15 is 0 Å². The van der Waals surface area contributed by atoms with Crippen LogP contribution in [0.2, 0.25) is 0 Å². The van der Waals surface area contributed by atoms with Gasteiger partial charge in [0.05, 0.1) is 10.6 Å². The van der Waals surface area contributed by atoms with Crippen molar-refractivity contribution >= 4 is 38.3 Å². The highest BCUT2D eigenvalue weighted by Gasteiger charge is 2.21. The number of hydrogen-bond donors (Lipinski definition) is 3. The van der Waals surface area contributed by atoms with Crippen LogP contribution >= 0.6 is 11.3 Å². The van der Waals surface area contributed by atoms with Crippen molar-refractivity contribution in [3.05, 3.63) is 17.8 Å². The van der Waals surface area contributed by atoms with Crippen LogP contribution in [0.25, 0.3) is 10.6 Å². The maximum Gasteiger partial charge on any atom is 0.274 e. The summed E-state index contributed by atoms with van der Waals surface area (Å²) < 4.78 is 32.1. The molecule has 0 atom stereocenters. The van der Waals surface area contributed by atoms with Gasteiger partial charge in [0.2, 0.25) is 16.9 Å². The van der Waals surface area contributed by atoms with E-state index in [0.717, 1.165) is 0 Å². The van der Waals surface area contributed by atoms with Crippen LogP contribution in [0, 0.1) is 6.92 Å². The highest BCUT2D eigenvalue weighted by Crippen LogP contribution is 2.34. The number of nitrogens with zero attached hydrogens (tertiary/aromatic N) is 1. The number of thiazole rings is 1. The number of hydrogen-bond acceptors (Lipinski definition) is 7. The molecule has 0 saturated heterocycles. The molecule has 0 unspecified atom stereocenters. The number of aryl methyl sites for hydroxylation is 1. The van der Waals surface area contributed by atoms with Gasteiger partial charge in [0.1, 0.15) is 5.76 Å². The summed E-state index contributed by atoms with van der Waals surface area (Å²) in [4.78, 5) is 26.7. The summed E-state index contributed by atoms with van der Waals surface area (Å²) in [6.45, 7) is 4.68. The van der Waals surface area contributed by atoms with Crippen LogP contribution in [0.15, 0.2) is 21.6 Å². The van der Waals surface area contributed by atoms with Gasteiger partial charge in [0.15, 0.2) is 5.13 Å². The summed E-state index contributed by atoms with van der Waals surface area (Å²) in [5.74, 6) is -0.143. The van der Waals surface area contributed by atoms with E-state index in [-0.39, 0.29) is 30.0 Å². The smallest absolute Gasteiger partial charge is 0.274 e. The van der Waals surface area contributed by atoms with Crippen LogP contribution in [0.4, 0.5) is 5.13 Å². The lowest BCUT2D eigenvalue weighted by atomic mass is 10.3. The zero-order valence-electron chi connectivity index (χ0n) is 13.9. The predicted octanol–water partition coefficient (Wildman–Crippen LogP) is 1.08. The molecular weight excluding hydrogens is 368 g/mol. The highest BCUT2D eigenvalue weighted by atomic mass is 32.2. The number of furan rings is 1. The third kappa shape index (κ3) is 5.11. The summed E-state index contributed by atoms with van der Waals surface area (Å²) in [5.41, 5.74) is 0.616. The Labute approximate surface area is 148 Å². The molecule has 2 amide bonds. The minimum Gasteiger partial charge on any atom is -0.442 e. The van der Waals surface area contributed by atoms with Gasteiger partial charge < -0.3 is 15.1 Å². The fraction of sp³-hybridized carbons (Fsp3) is 0.357. The number of carbonyl (C=O) groups excluding carboxylic acids is 2. The third-order valence-corrected chi connectivity index (χ3v) is 5.36. The summed E-state index contributed by atoms with van der Waals surface area (Å²) in [5, 5.41) is 5.24. The van der Waals surface area contributed by atoms with E-state index in [2.05, 4.69) is 20.3 Å². The molecule has 11 heteroatoms. The molecule has 0 aliphatic rings. The van der Waals surface area contributed by atoms with Crippen LogP contribution in [-0.4, -0.2) is 38.3 Å². The van der Waals surface area contributed by atoms with E-state index in [1.807, 2.05) is 0 Å². The first-order valence-electron chi connectivity index (χ1n) is 7.28. The molecule has 0 spiro atoms. The second-order valence-corrected chi connectivity index (χ2v) is 7.81. The standard InChI is InChI=1S/C14H18N4O5S2/c1-8-13(24-14(17-8)18-10(3)20)11-4-5-12(23-11)25(21,22)16-7-6-15-9(2)19/h4-5,16H,6-7H2,1-3H3,(H,15,19)(H,17,18,20). The van der Waals surface area contributed by atoms with Crippen LogP contribution in [0.3, 0.4) is 0 Å². The molecule has 25 heavy (non-hydrogen) atoms. The molecule has 2 aromatic heterocycles. The van der Waals surface area contributed by atoms with Gasteiger partial charge in [-0.2, -0.15) is 0 Å². The number of rotatable bonds is 7. The van der Waals surface area contributed by atoms with E-state index in [0.29, 0.717) is 21.5 Å². The van der Waals surface area contributed by atoms with E-state index in [9.17, 15) is 18.0 Å². The topological polar surface area (TPSA) is 130 Å².